The smallest absolute Gasteiger partial charge is 0.164 e. The van der Waals surface area contributed by atoms with E-state index in [4.69, 9.17) is 47.4 Å². The summed E-state index contributed by atoms with van der Waals surface area (Å²) in [7, 11) is 0. The minimum Gasteiger partial charge on any atom is -0.367 e. The van der Waals surface area contributed by atoms with Crippen LogP contribution in [0.3, 0.4) is 0 Å². The van der Waals surface area contributed by atoms with Crippen molar-refractivity contribution < 1.29 is 47.4 Å². The molecule has 6 saturated heterocycles. The first-order chi connectivity index (χ1) is 17.7. The summed E-state index contributed by atoms with van der Waals surface area (Å²) in [6.45, 7) is 16.6. The summed E-state index contributed by atoms with van der Waals surface area (Å²) in [6.07, 6.45) is 2.25. The van der Waals surface area contributed by atoms with Crippen LogP contribution in [0.25, 0.3) is 0 Å². The number of hydrogen-bond acceptors (Lipinski definition) is 10. The van der Waals surface area contributed by atoms with Crippen LogP contribution >= 0.6 is 0 Å². The zero-order valence-corrected chi connectivity index (χ0v) is 24.1. The second-order valence-electron chi connectivity index (χ2n) is 13.4. The molecule has 218 valence electrons. The Morgan fingerprint density at radius 3 is 1.16 bits per heavy atom. The summed E-state index contributed by atoms with van der Waals surface area (Å²) in [6, 6.07) is 0. The van der Waals surface area contributed by atoms with Crippen LogP contribution in [0.4, 0.5) is 0 Å². The summed E-state index contributed by atoms with van der Waals surface area (Å²) in [4.78, 5) is 0. The Balaban J connectivity index is 1.04. The summed E-state index contributed by atoms with van der Waals surface area (Å²) >= 11 is 0. The second-order valence-corrected chi connectivity index (χ2v) is 13.4. The fraction of sp³-hybridized carbons (Fsp3) is 1.00. The normalized spacial score (nSPS) is 48.0. The Labute approximate surface area is 226 Å². The predicted molar refractivity (Wildman–Crippen MR) is 133 cm³/mol. The Kier molecular flexibility index (Phi) is 6.99. The van der Waals surface area contributed by atoms with E-state index in [1.54, 1.807) is 0 Å². The van der Waals surface area contributed by atoms with Gasteiger partial charge < -0.3 is 47.4 Å². The molecular formula is C28H46O10. The van der Waals surface area contributed by atoms with E-state index >= 15 is 0 Å². The van der Waals surface area contributed by atoms with Crippen LogP contribution in [0.1, 0.15) is 81.1 Å². The van der Waals surface area contributed by atoms with E-state index < -0.39 is 23.1 Å². The first-order valence-electron chi connectivity index (χ1n) is 14.4. The third kappa shape index (κ3) is 5.43. The lowest BCUT2D eigenvalue weighted by atomic mass is 9.98. The molecule has 0 aromatic rings. The van der Waals surface area contributed by atoms with Crippen molar-refractivity contribution in [3.63, 3.8) is 0 Å². The first-order valence-corrected chi connectivity index (χ1v) is 14.4. The van der Waals surface area contributed by atoms with Crippen LogP contribution < -0.4 is 0 Å². The molecule has 6 rings (SSSR count). The standard InChI is InChI=1S/C28H46O10/c1-25(2)29-13-17(33-25)19-23-21(35-27(5,6)37-23)15(31-19)11-9-10-12-16-22-24(38-28(7,8)36-22)20(32-16)18-14-30-26(3,4)34-18/h15-24H,9-14H2,1-8H3/t15-,16+,17-,18-,19-,20-,21-,22-,23+,24+/m1/s1. The molecule has 0 bridgehead atoms. The summed E-state index contributed by atoms with van der Waals surface area (Å²) in [5, 5.41) is 0. The fourth-order valence-electron chi connectivity index (χ4n) is 6.94. The van der Waals surface area contributed by atoms with Crippen molar-refractivity contribution in [2.24, 2.45) is 0 Å². The van der Waals surface area contributed by atoms with Crippen molar-refractivity contribution in [3.05, 3.63) is 0 Å². The molecule has 6 heterocycles. The van der Waals surface area contributed by atoms with Crippen LogP contribution in [0.15, 0.2) is 0 Å². The summed E-state index contributed by atoms with van der Waals surface area (Å²) in [5.41, 5.74) is 0. The summed E-state index contributed by atoms with van der Waals surface area (Å²) < 4.78 is 62.0. The van der Waals surface area contributed by atoms with Crippen molar-refractivity contribution in [2.45, 2.75) is 165 Å². The second kappa shape index (κ2) is 9.58. The Morgan fingerprint density at radius 2 is 0.816 bits per heavy atom. The van der Waals surface area contributed by atoms with E-state index in [9.17, 15) is 0 Å². The van der Waals surface area contributed by atoms with Gasteiger partial charge in [-0.3, -0.25) is 0 Å². The largest absolute Gasteiger partial charge is 0.367 e. The maximum absolute atomic E-state index is 6.51. The van der Waals surface area contributed by atoms with Gasteiger partial charge in [0.1, 0.15) is 48.8 Å². The third-order valence-corrected chi connectivity index (χ3v) is 8.39. The number of unbranched alkanes of at least 4 members (excludes halogenated alkanes) is 1. The topological polar surface area (TPSA) is 92.3 Å². The average Bonchev–Trinajstić information content (AvgIpc) is 3.59. The fourth-order valence-corrected chi connectivity index (χ4v) is 6.94. The highest BCUT2D eigenvalue weighted by molar-refractivity contribution is 5.03. The minimum atomic E-state index is -0.639. The van der Waals surface area contributed by atoms with Crippen molar-refractivity contribution in [1.82, 2.24) is 0 Å². The first kappa shape index (κ1) is 27.8. The maximum Gasteiger partial charge on any atom is 0.164 e. The molecule has 0 unspecified atom stereocenters. The lowest BCUT2D eigenvalue weighted by molar-refractivity contribution is -0.208. The number of fused-ring (bicyclic) bond motifs is 2. The molecule has 10 atom stereocenters. The van der Waals surface area contributed by atoms with Crippen LogP contribution in [0.5, 0.6) is 0 Å². The van der Waals surface area contributed by atoms with Crippen LogP contribution in [-0.2, 0) is 47.4 Å². The highest BCUT2D eigenvalue weighted by Gasteiger charge is 2.60. The monoisotopic (exact) mass is 542 g/mol. The molecule has 0 amide bonds. The van der Waals surface area contributed by atoms with Crippen molar-refractivity contribution in [1.29, 1.82) is 0 Å². The Hall–Kier alpha value is -0.400. The van der Waals surface area contributed by atoms with Gasteiger partial charge >= 0.3 is 0 Å². The van der Waals surface area contributed by atoms with Gasteiger partial charge in [-0.05, 0) is 68.2 Å². The van der Waals surface area contributed by atoms with E-state index in [2.05, 4.69) is 0 Å². The highest BCUT2D eigenvalue weighted by Crippen LogP contribution is 2.45. The molecule has 0 aromatic carbocycles. The molecule has 0 aromatic heterocycles. The lowest BCUT2D eigenvalue weighted by Gasteiger charge is -2.27. The van der Waals surface area contributed by atoms with Crippen molar-refractivity contribution in [2.75, 3.05) is 13.2 Å². The quantitative estimate of drug-likeness (QED) is 0.446. The Bertz CT molecular complexity index is 804. The van der Waals surface area contributed by atoms with E-state index in [1.165, 1.54) is 0 Å². The molecular weight excluding hydrogens is 496 g/mol. The molecule has 10 heteroatoms. The molecule has 0 saturated carbocycles. The molecule has 6 fully saturated rings. The van der Waals surface area contributed by atoms with Gasteiger partial charge in [-0.25, -0.2) is 0 Å². The van der Waals surface area contributed by atoms with E-state index in [0.717, 1.165) is 25.7 Å². The van der Waals surface area contributed by atoms with Crippen molar-refractivity contribution in [3.8, 4) is 0 Å². The van der Waals surface area contributed by atoms with Crippen LogP contribution in [-0.4, -0.2) is 97.4 Å². The van der Waals surface area contributed by atoms with Crippen LogP contribution in [0.2, 0.25) is 0 Å². The number of hydrogen-bond donors (Lipinski definition) is 0. The van der Waals surface area contributed by atoms with E-state index in [-0.39, 0.29) is 61.0 Å². The van der Waals surface area contributed by atoms with Crippen LogP contribution in [0, 0.1) is 0 Å². The van der Waals surface area contributed by atoms with Gasteiger partial charge in [-0.1, -0.05) is 12.8 Å². The zero-order valence-electron chi connectivity index (χ0n) is 24.1. The molecule has 6 aliphatic heterocycles. The van der Waals surface area contributed by atoms with Gasteiger partial charge in [0.05, 0.1) is 25.4 Å². The number of rotatable bonds is 7. The maximum atomic E-state index is 6.51. The predicted octanol–water partition coefficient (Wildman–Crippen LogP) is 3.42. The molecule has 0 aliphatic carbocycles. The molecule has 0 spiro atoms. The zero-order chi connectivity index (χ0) is 27.1. The van der Waals surface area contributed by atoms with Gasteiger partial charge in [0, 0.05) is 0 Å². The van der Waals surface area contributed by atoms with E-state index in [0.29, 0.717) is 13.2 Å². The molecule has 6 aliphatic rings. The lowest BCUT2D eigenvalue weighted by Crippen LogP contribution is -2.40. The Morgan fingerprint density at radius 1 is 0.447 bits per heavy atom. The van der Waals surface area contributed by atoms with Gasteiger partial charge in [0.25, 0.3) is 0 Å². The molecule has 0 N–H and O–H groups in total. The SMILES string of the molecule is CC1(C)O[C@@H]2[C@H](O1)[C@H](CCCC[C@H]1O[C@H]([C@H]3COC(C)(C)O3)[C@@H]3OC(C)(C)O[C@@H]31)O[C@@H]2[C@H]1COC(C)(C)O1. The van der Waals surface area contributed by atoms with Gasteiger partial charge in [0.15, 0.2) is 23.1 Å². The van der Waals surface area contributed by atoms with Gasteiger partial charge in [-0.15, -0.1) is 0 Å². The van der Waals surface area contributed by atoms with Crippen molar-refractivity contribution >= 4 is 0 Å². The van der Waals surface area contributed by atoms with Gasteiger partial charge in [-0.2, -0.15) is 0 Å². The van der Waals surface area contributed by atoms with E-state index in [1.807, 2.05) is 55.4 Å². The molecule has 10 nitrogen and oxygen atoms in total. The highest BCUT2D eigenvalue weighted by atomic mass is 16.8. The number of ether oxygens (including phenoxy) is 10. The molecule has 0 radical (unpaired) electrons. The third-order valence-electron chi connectivity index (χ3n) is 8.39. The van der Waals surface area contributed by atoms with Gasteiger partial charge in [0.2, 0.25) is 0 Å². The average molecular weight is 543 g/mol. The minimum absolute atomic E-state index is 0.0552. The summed E-state index contributed by atoms with van der Waals surface area (Å²) in [5.74, 6) is -2.50. The molecule has 38 heavy (non-hydrogen) atoms.